The van der Waals surface area contributed by atoms with Crippen LogP contribution >= 0.6 is 0 Å². The zero-order chi connectivity index (χ0) is 27.4. The number of aliphatic hydroxyl groups excluding tert-OH is 1. The van der Waals surface area contributed by atoms with Gasteiger partial charge in [0.15, 0.2) is 0 Å². The SMILES string of the molecule is CCc1ccc(C2/C(=C(/O)c3cccc(OCC(C)C)c3)C(=O)C(=O)N2c2ccc(NC(C)=O)cc2)cc1. The third-order valence-corrected chi connectivity index (χ3v) is 6.30. The molecule has 0 saturated carbocycles. The van der Waals surface area contributed by atoms with Crippen molar-refractivity contribution >= 4 is 34.7 Å². The molecule has 7 nitrogen and oxygen atoms in total. The number of nitrogens with zero attached hydrogens (tertiary/aromatic N) is 1. The predicted molar refractivity (Wildman–Crippen MR) is 148 cm³/mol. The molecule has 0 radical (unpaired) electrons. The van der Waals surface area contributed by atoms with Gasteiger partial charge in [0.25, 0.3) is 11.7 Å². The maximum Gasteiger partial charge on any atom is 0.300 e. The highest BCUT2D eigenvalue weighted by atomic mass is 16.5. The fourth-order valence-corrected chi connectivity index (χ4v) is 4.41. The van der Waals surface area contributed by atoms with Gasteiger partial charge >= 0.3 is 0 Å². The minimum Gasteiger partial charge on any atom is -0.507 e. The van der Waals surface area contributed by atoms with Crippen LogP contribution in [-0.2, 0) is 20.8 Å². The molecule has 3 aromatic carbocycles. The molecule has 196 valence electrons. The highest BCUT2D eigenvalue weighted by Gasteiger charge is 2.47. The molecule has 1 aliphatic rings. The van der Waals surface area contributed by atoms with E-state index >= 15 is 0 Å². The summed E-state index contributed by atoms with van der Waals surface area (Å²) in [6.45, 7) is 8.05. The maximum atomic E-state index is 13.4. The van der Waals surface area contributed by atoms with Crippen LogP contribution in [0.3, 0.4) is 0 Å². The second-order valence-corrected chi connectivity index (χ2v) is 9.72. The highest BCUT2D eigenvalue weighted by molar-refractivity contribution is 6.51. The topological polar surface area (TPSA) is 95.9 Å². The van der Waals surface area contributed by atoms with Gasteiger partial charge in [-0.1, -0.05) is 57.2 Å². The first-order chi connectivity index (χ1) is 18.2. The summed E-state index contributed by atoms with van der Waals surface area (Å²) in [6, 6.07) is 20.4. The van der Waals surface area contributed by atoms with Gasteiger partial charge in [-0.25, -0.2) is 0 Å². The van der Waals surface area contributed by atoms with E-state index in [1.807, 2.05) is 45.0 Å². The fourth-order valence-electron chi connectivity index (χ4n) is 4.41. The molecule has 38 heavy (non-hydrogen) atoms. The third-order valence-electron chi connectivity index (χ3n) is 6.30. The van der Waals surface area contributed by atoms with Crippen molar-refractivity contribution < 1.29 is 24.2 Å². The molecular formula is C31H32N2O5. The summed E-state index contributed by atoms with van der Waals surface area (Å²) in [7, 11) is 0. The van der Waals surface area contributed by atoms with Crippen LogP contribution in [0.4, 0.5) is 11.4 Å². The van der Waals surface area contributed by atoms with E-state index in [4.69, 9.17) is 4.74 Å². The van der Waals surface area contributed by atoms with Gasteiger partial charge in [-0.2, -0.15) is 0 Å². The summed E-state index contributed by atoms with van der Waals surface area (Å²) < 4.78 is 5.81. The van der Waals surface area contributed by atoms with Crippen molar-refractivity contribution in [1.29, 1.82) is 0 Å². The van der Waals surface area contributed by atoms with Crippen molar-refractivity contribution in [2.75, 3.05) is 16.8 Å². The number of amides is 2. The first-order valence-electron chi connectivity index (χ1n) is 12.7. The van der Waals surface area contributed by atoms with Gasteiger partial charge in [0.1, 0.15) is 11.5 Å². The molecule has 1 heterocycles. The van der Waals surface area contributed by atoms with Crippen molar-refractivity contribution in [1.82, 2.24) is 0 Å². The zero-order valence-electron chi connectivity index (χ0n) is 22.0. The van der Waals surface area contributed by atoms with Gasteiger partial charge in [0.05, 0.1) is 18.2 Å². The second-order valence-electron chi connectivity index (χ2n) is 9.72. The molecule has 0 bridgehead atoms. The van der Waals surface area contributed by atoms with Crippen molar-refractivity contribution in [2.24, 2.45) is 5.92 Å². The monoisotopic (exact) mass is 512 g/mol. The van der Waals surface area contributed by atoms with Crippen molar-refractivity contribution in [3.63, 3.8) is 0 Å². The van der Waals surface area contributed by atoms with Crippen molar-refractivity contribution in [3.05, 3.63) is 95.1 Å². The molecule has 0 aromatic heterocycles. The minimum absolute atomic E-state index is 0.00574. The lowest BCUT2D eigenvalue weighted by molar-refractivity contribution is -0.132. The van der Waals surface area contributed by atoms with Gasteiger partial charge in [0.2, 0.25) is 5.91 Å². The van der Waals surface area contributed by atoms with Crippen LogP contribution in [0.5, 0.6) is 5.75 Å². The van der Waals surface area contributed by atoms with Crippen LogP contribution < -0.4 is 15.0 Å². The third kappa shape index (κ3) is 5.62. The molecule has 1 unspecified atom stereocenters. The molecule has 1 aliphatic heterocycles. The first-order valence-corrected chi connectivity index (χ1v) is 12.7. The van der Waals surface area contributed by atoms with E-state index in [9.17, 15) is 19.5 Å². The average Bonchev–Trinajstić information content (AvgIpc) is 3.17. The van der Waals surface area contributed by atoms with E-state index in [1.54, 1.807) is 48.5 Å². The quantitative estimate of drug-likeness (QED) is 0.224. The Morgan fingerprint density at radius 2 is 1.71 bits per heavy atom. The largest absolute Gasteiger partial charge is 0.507 e. The number of carbonyl (C=O) groups is 3. The van der Waals surface area contributed by atoms with E-state index in [0.717, 1.165) is 12.0 Å². The molecule has 0 spiro atoms. The number of Topliss-reactive ketones (excluding diaryl/α,β-unsaturated/α-hetero) is 1. The van der Waals surface area contributed by atoms with E-state index in [0.29, 0.717) is 40.8 Å². The summed E-state index contributed by atoms with van der Waals surface area (Å²) in [5.74, 6) is -1.11. The summed E-state index contributed by atoms with van der Waals surface area (Å²) in [5.41, 5.74) is 3.24. The Morgan fingerprint density at radius 1 is 1.03 bits per heavy atom. The normalized spacial score (nSPS) is 16.7. The lowest BCUT2D eigenvalue weighted by atomic mass is 9.94. The Balaban J connectivity index is 1.82. The lowest BCUT2D eigenvalue weighted by Crippen LogP contribution is -2.29. The number of ketones is 1. The maximum absolute atomic E-state index is 13.4. The number of carbonyl (C=O) groups excluding carboxylic acids is 3. The standard InChI is InChI=1S/C31H32N2O5/c1-5-21-9-11-22(12-10-21)28-27(29(35)23-7-6-8-26(17-23)38-18-19(2)3)30(36)31(37)33(28)25-15-13-24(14-16-25)32-20(4)34/h6-17,19,28,35H,5,18H2,1-4H3,(H,32,34)/b29-27-. The fraction of sp³-hybridized carbons (Fsp3) is 0.258. The summed E-state index contributed by atoms with van der Waals surface area (Å²) in [5, 5.41) is 14.1. The van der Waals surface area contributed by atoms with E-state index in [-0.39, 0.29) is 17.2 Å². The van der Waals surface area contributed by atoms with Gasteiger partial charge in [-0.05, 0) is 59.9 Å². The number of aryl methyl sites for hydroxylation is 1. The molecule has 1 saturated heterocycles. The lowest BCUT2D eigenvalue weighted by Gasteiger charge is -2.26. The number of anilines is 2. The van der Waals surface area contributed by atoms with Gasteiger partial charge < -0.3 is 15.2 Å². The average molecular weight is 513 g/mol. The van der Waals surface area contributed by atoms with Crippen molar-refractivity contribution in [2.45, 2.75) is 40.2 Å². The molecule has 2 amide bonds. The minimum atomic E-state index is -0.840. The Hall–Kier alpha value is -4.39. The van der Waals surface area contributed by atoms with E-state index < -0.39 is 17.7 Å². The van der Waals surface area contributed by atoms with Crippen LogP contribution in [0.1, 0.15) is 50.4 Å². The summed E-state index contributed by atoms with van der Waals surface area (Å²) >= 11 is 0. The molecular weight excluding hydrogens is 480 g/mol. The molecule has 7 heteroatoms. The highest BCUT2D eigenvalue weighted by Crippen LogP contribution is 2.42. The summed E-state index contributed by atoms with van der Waals surface area (Å²) in [6.07, 6.45) is 0.842. The predicted octanol–water partition coefficient (Wildman–Crippen LogP) is 5.87. The molecule has 2 N–H and O–H groups in total. The molecule has 4 rings (SSSR count). The van der Waals surface area contributed by atoms with Gasteiger partial charge in [-0.15, -0.1) is 0 Å². The Morgan fingerprint density at radius 3 is 2.32 bits per heavy atom. The van der Waals surface area contributed by atoms with Crippen LogP contribution in [-0.4, -0.2) is 29.3 Å². The van der Waals surface area contributed by atoms with E-state index in [2.05, 4.69) is 5.32 Å². The Kier molecular flexibility index (Phi) is 7.96. The number of benzene rings is 3. The first kappa shape index (κ1) is 26.7. The summed E-state index contributed by atoms with van der Waals surface area (Å²) in [4.78, 5) is 39.6. The van der Waals surface area contributed by atoms with Crippen LogP contribution in [0.2, 0.25) is 0 Å². The van der Waals surface area contributed by atoms with E-state index in [1.165, 1.54) is 11.8 Å². The number of hydrogen-bond acceptors (Lipinski definition) is 5. The molecule has 1 fully saturated rings. The number of ether oxygens (including phenoxy) is 1. The number of hydrogen-bond donors (Lipinski definition) is 2. The zero-order valence-corrected chi connectivity index (χ0v) is 22.0. The van der Waals surface area contributed by atoms with Gasteiger partial charge in [0, 0.05) is 23.9 Å². The molecule has 3 aromatic rings. The molecule has 1 atom stereocenters. The van der Waals surface area contributed by atoms with Crippen LogP contribution in [0.15, 0.2) is 78.4 Å². The number of rotatable bonds is 8. The van der Waals surface area contributed by atoms with Crippen molar-refractivity contribution in [3.8, 4) is 5.75 Å². The van der Waals surface area contributed by atoms with Crippen LogP contribution in [0.25, 0.3) is 5.76 Å². The number of nitrogens with one attached hydrogen (secondary N) is 1. The molecule has 0 aliphatic carbocycles. The second kappa shape index (κ2) is 11.3. The smallest absolute Gasteiger partial charge is 0.300 e. The number of aliphatic hydroxyl groups is 1. The van der Waals surface area contributed by atoms with Crippen LogP contribution in [0, 0.1) is 5.92 Å². The Bertz CT molecular complexity index is 1370. The van der Waals surface area contributed by atoms with Gasteiger partial charge in [-0.3, -0.25) is 19.3 Å². The Labute approximate surface area is 222 Å².